The highest BCUT2D eigenvalue weighted by atomic mass is 32.2. The number of cyclic esters (lactones) is 1. The quantitative estimate of drug-likeness (QED) is 0.854. The van der Waals surface area contributed by atoms with Crippen LogP contribution in [0.25, 0.3) is 0 Å². The van der Waals surface area contributed by atoms with Gasteiger partial charge in [0.1, 0.15) is 5.60 Å². The van der Waals surface area contributed by atoms with Crippen molar-refractivity contribution in [1.82, 2.24) is 4.90 Å². The third kappa shape index (κ3) is 3.53. The summed E-state index contributed by atoms with van der Waals surface area (Å²) < 4.78 is 67.4. The fraction of sp³-hybridized carbons (Fsp3) is 0.533. The Bertz CT molecular complexity index is 792. The third-order valence-electron chi connectivity index (χ3n) is 4.45. The van der Waals surface area contributed by atoms with E-state index in [1.54, 1.807) is 6.07 Å². The summed E-state index contributed by atoms with van der Waals surface area (Å²) >= 11 is 0. The molecule has 0 bridgehead atoms. The predicted molar refractivity (Wildman–Crippen MR) is 83.1 cm³/mol. The van der Waals surface area contributed by atoms with Crippen molar-refractivity contribution in [2.75, 3.05) is 11.3 Å². The zero-order valence-corrected chi connectivity index (χ0v) is 14.2. The number of rotatable bonds is 5. The summed E-state index contributed by atoms with van der Waals surface area (Å²) in [4.78, 5) is 13.4. The van der Waals surface area contributed by atoms with E-state index in [-0.39, 0.29) is 17.8 Å². The average molecular weight is 378 g/mol. The van der Waals surface area contributed by atoms with E-state index in [9.17, 15) is 26.4 Å². The summed E-state index contributed by atoms with van der Waals surface area (Å²) in [7, 11) is -5.53. The Morgan fingerprint density at radius 1 is 1.32 bits per heavy atom. The molecule has 2 aliphatic rings. The van der Waals surface area contributed by atoms with Crippen LogP contribution in [0.3, 0.4) is 0 Å². The van der Waals surface area contributed by atoms with Gasteiger partial charge in [0, 0.05) is 5.92 Å². The minimum atomic E-state index is -5.53. The standard InChI is InChI=1S/C15H17F3N2O4S/c1-14(11-6-7-11)9-20(13(21)24-14)8-10-4-2-3-5-12(10)19-25(22,23)15(16,17)18/h2-5,11,19H,6-9H2,1H3. The van der Waals surface area contributed by atoms with Crippen LogP contribution in [0.4, 0.5) is 23.7 Å². The Kier molecular flexibility index (Phi) is 4.13. The minimum absolute atomic E-state index is 0.0440. The monoisotopic (exact) mass is 378 g/mol. The zero-order valence-electron chi connectivity index (χ0n) is 13.3. The highest BCUT2D eigenvalue weighted by Gasteiger charge is 2.51. The van der Waals surface area contributed by atoms with Crippen molar-refractivity contribution in [2.45, 2.75) is 37.4 Å². The van der Waals surface area contributed by atoms with Gasteiger partial charge in [0.2, 0.25) is 0 Å². The van der Waals surface area contributed by atoms with Crippen LogP contribution >= 0.6 is 0 Å². The van der Waals surface area contributed by atoms with Crippen LogP contribution in [-0.2, 0) is 21.3 Å². The molecule has 1 unspecified atom stereocenters. The molecular formula is C15H17F3N2O4S. The number of amides is 1. The minimum Gasteiger partial charge on any atom is -0.441 e. The van der Waals surface area contributed by atoms with Gasteiger partial charge in [-0.15, -0.1) is 0 Å². The number of alkyl halides is 3. The lowest BCUT2D eigenvalue weighted by Gasteiger charge is -2.21. The van der Waals surface area contributed by atoms with Crippen molar-refractivity contribution in [1.29, 1.82) is 0 Å². The Morgan fingerprint density at radius 3 is 2.56 bits per heavy atom. The lowest BCUT2D eigenvalue weighted by Crippen LogP contribution is -2.33. The number of para-hydroxylation sites is 1. The first-order valence-electron chi connectivity index (χ1n) is 7.67. The number of hydrogen-bond donors (Lipinski definition) is 1. The molecule has 1 aliphatic carbocycles. The molecule has 10 heteroatoms. The molecule has 0 radical (unpaired) electrons. The van der Waals surface area contributed by atoms with Gasteiger partial charge in [0.25, 0.3) is 0 Å². The largest absolute Gasteiger partial charge is 0.516 e. The molecule has 1 heterocycles. The van der Waals surface area contributed by atoms with E-state index in [0.29, 0.717) is 12.5 Å². The molecule has 1 saturated heterocycles. The second-order valence-electron chi connectivity index (χ2n) is 6.52. The van der Waals surface area contributed by atoms with Crippen LogP contribution in [0.15, 0.2) is 24.3 Å². The van der Waals surface area contributed by atoms with Gasteiger partial charge < -0.3 is 4.74 Å². The number of sulfonamides is 1. The maximum Gasteiger partial charge on any atom is 0.516 e. The van der Waals surface area contributed by atoms with Gasteiger partial charge >= 0.3 is 21.6 Å². The van der Waals surface area contributed by atoms with Gasteiger partial charge in [-0.3, -0.25) is 9.62 Å². The van der Waals surface area contributed by atoms with Crippen LogP contribution in [0.5, 0.6) is 0 Å². The SMILES string of the molecule is CC1(C2CC2)CN(Cc2ccccc2NS(=O)(=O)C(F)(F)F)C(=O)O1. The van der Waals surface area contributed by atoms with Gasteiger partial charge in [-0.2, -0.15) is 21.6 Å². The summed E-state index contributed by atoms with van der Waals surface area (Å²) in [5.74, 6) is 0.292. The number of nitrogens with one attached hydrogen (secondary N) is 1. The number of ether oxygens (including phenoxy) is 1. The second kappa shape index (κ2) is 5.79. The molecular weight excluding hydrogens is 361 g/mol. The maximum absolute atomic E-state index is 12.6. The lowest BCUT2D eigenvalue weighted by atomic mass is 10.0. The maximum atomic E-state index is 12.6. The molecule has 3 rings (SSSR count). The molecule has 6 nitrogen and oxygen atoms in total. The van der Waals surface area contributed by atoms with E-state index in [0.717, 1.165) is 12.8 Å². The molecule has 1 amide bonds. The van der Waals surface area contributed by atoms with Crippen molar-refractivity contribution >= 4 is 21.8 Å². The Labute approximate surface area is 143 Å². The number of carbonyl (C=O) groups excluding carboxylic acids is 1. The van der Waals surface area contributed by atoms with E-state index in [2.05, 4.69) is 0 Å². The molecule has 138 valence electrons. The van der Waals surface area contributed by atoms with Crippen molar-refractivity contribution in [3.8, 4) is 0 Å². The Balaban J connectivity index is 1.79. The van der Waals surface area contributed by atoms with E-state index in [1.807, 2.05) is 6.92 Å². The normalized spacial score (nSPS) is 24.3. The number of nitrogens with zero attached hydrogens (tertiary/aromatic N) is 1. The first-order chi connectivity index (χ1) is 11.5. The number of carbonyl (C=O) groups is 1. The molecule has 25 heavy (non-hydrogen) atoms. The molecule has 1 N–H and O–H groups in total. The highest BCUT2D eigenvalue weighted by molar-refractivity contribution is 7.93. The third-order valence-corrected chi connectivity index (χ3v) is 5.55. The van der Waals surface area contributed by atoms with Crippen molar-refractivity contribution < 1.29 is 31.1 Å². The van der Waals surface area contributed by atoms with Crippen LogP contribution in [0.2, 0.25) is 0 Å². The highest BCUT2D eigenvalue weighted by Crippen LogP contribution is 2.45. The first-order valence-corrected chi connectivity index (χ1v) is 9.15. The molecule has 2 fully saturated rings. The molecule has 0 aromatic heterocycles. The summed E-state index contributed by atoms with van der Waals surface area (Å²) in [5.41, 5.74) is -5.98. The predicted octanol–water partition coefficient (Wildman–Crippen LogP) is 3.07. The number of benzene rings is 1. The summed E-state index contributed by atoms with van der Waals surface area (Å²) in [6.45, 7) is 2.11. The van der Waals surface area contributed by atoms with Crippen LogP contribution < -0.4 is 4.72 Å². The van der Waals surface area contributed by atoms with Gasteiger partial charge in [-0.25, -0.2) is 4.79 Å². The summed E-state index contributed by atoms with van der Waals surface area (Å²) in [5, 5.41) is 0. The Morgan fingerprint density at radius 2 is 1.96 bits per heavy atom. The fourth-order valence-electron chi connectivity index (χ4n) is 2.93. The number of hydrogen-bond acceptors (Lipinski definition) is 4. The van der Waals surface area contributed by atoms with Crippen molar-refractivity contribution in [2.24, 2.45) is 5.92 Å². The van der Waals surface area contributed by atoms with E-state index in [4.69, 9.17) is 4.74 Å². The molecule has 1 aromatic carbocycles. The molecule has 0 spiro atoms. The Hall–Kier alpha value is -1.97. The second-order valence-corrected chi connectivity index (χ2v) is 8.19. The summed E-state index contributed by atoms with van der Waals surface area (Å²) in [6.07, 6.45) is 1.39. The van der Waals surface area contributed by atoms with Crippen molar-refractivity contribution in [3.05, 3.63) is 29.8 Å². The van der Waals surface area contributed by atoms with Gasteiger partial charge in [-0.1, -0.05) is 18.2 Å². The first kappa shape index (κ1) is 17.8. The van der Waals surface area contributed by atoms with Crippen molar-refractivity contribution in [3.63, 3.8) is 0 Å². The number of anilines is 1. The van der Waals surface area contributed by atoms with Crippen LogP contribution in [-0.4, -0.2) is 37.1 Å². The van der Waals surface area contributed by atoms with Crippen LogP contribution in [0, 0.1) is 5.92 Å². The molecule has 1 atom stereocenters. The smallest absolute Gasteiger partial charge is 0.441 e. The van der Waals surface area contributed by atoms with E-state index in [1.165, 1.54) is 27.8 Å². The van der Waals surface area contributed by atoms with Crippen LogP contribution in [0.1, 0.15) is 25.3 Å². The van der Waals surface area contributed by atoms with E-state index >= 15 is 0 Å². The topological polar surface area (TPSA) is 75.7 Å². The lowest BCUT2D eigenvalue weighted by molar-refractivity contribution is -0.0429. The average Bonchev–Trinajstić information content (AvgIpc) is 3.28. The summed E-state index contributed by atoms with van der Waals surface area (Å²) in [6, 6.07) is 5.66. The van der Waals surface area contributed by atoms with Gasteiger partial charge in [0.15, 0.2) is 0 Å². The fourth-order valence-corrected chi connectivity index (χ4v) is 3.54. The molecule has 1 saturated carbocycles. The van der Waals surface area contributed by atoms with Gasteiger partial charge in [-0.05, 0) is 31.4 Å². The van der Waals surface area contributed by atoms with Gasteiger partial charge in [0.05, 0.1) is 18.8 Å². The molecule has 1 aromatic rings. The molecule has 1 aliphatic heterocycles. The van der Waals surface area contributed by atoms with E-state index < -0.39 is 27.2 Å². The zero-order chi connectivity index (χ0) is 18.5. The number of halogens is 3.